The van der Waals surface area contributed by atoms with E-state index in [0.29, 0.717) is 0 Å². The molecule has 86 valence electrons. The summed E-state index contributed by atoms with van der Waals surface area (Å²) in [6.45, 7) is 2.13. The first-order valence-electron chi connectivity index (χ1n) is 5.68. The molecule has 0 aliphatic rings. The fourth-order valence-corrected chi connectivity index (χ4v) is 2.27. The van der Waals surface area contributed by atoms with Crippen molar-refractivity contribution in [1.29, 1.82) is 0 Å². The summed E-state index contributed by atoms with van der Waals surface area (Å²) in [6.07, 6.45) is 6.85. The molecule has 0 aliphatic heterocycles. The Morgan fingerprint density at radius 1 is 1.07 bits per heavy atom. The summed E-state index contributed by atoms with van der Waals surface area (Å²) in [6, 6.07) is 0. The van der Waals surface area contributed by atoms with E-state index in [1.54, 1.807) is 0 Å². The van der Waals surface area contributed by atoms with E-state index in [-0.39, 0.29) is 6.61 Å². The second kappa shape index (κ2) is 11.3. The van der Waals surface area contributed by atoms with Gasteiger partial charge in [0.25, 0.3) is 0 Å². The molecule has 0 saturated carbocycles. The Bertz CT molecular complexity index is 109. The minimum atomic E-state index is -0.511. The van der Waals surface area contributed by atoms with Crippen molar-refractivity contribution in [2.24, 2.45) is 0 Å². The maximum absolute atomic E-state index is 9.07. The lowest BCUT2D eigenvalue weighted by Gasteiger charge is -2.05. The van der Waals surface area contributed by atoms with Crippen LogP contribution in [0.1, 0.15) is 45.4 Å². The second-order valence-electron chi connectivity index (χ2n) is 3.65. The Labute approximate surface area is 92.1 Å². The minimum Gasteiger partial charge on any atom is -0.394 e. The molecule has 0 radical (unpaired) electrons. The van der Waals surface area contributed by atoms with Gasteiger partial charge < -0.3 is 10.2 Å². The highest BCUT2D eigenvalue weighted by Gasteiger charge is 2.00. The molecular weight excluding hydrogens is 196 g/mol. The molecule has 0 aromatic heterocycles. The first-order valence-corrected chi connectivity index (χ1v) is 6.83. The van der Waals surface area contributed by atoms with Crippen LogP contribution in [0.25, 0.3) is 0 Å². The molecule has 0 spiro atoms. The van der Waals surface area contributed by atoms with Gasteiger partial charge in [0.1, 0.15) is 0 Å². The average molecular weight is 220 g/mol. The van der Waals surface area contributed by atoms with Gasteiger partial charge >= 0.3 is 0 Å². The topological polar surface area (TPSA) is 40.5 Å². The standard InChI is InChI=1S/C11H24O2S/c1-2-3-4-5-6-8-14-9-7-11(13)10-12/h11-13H,2-10H2,1H3. The van der Waals surface area contributed by atoms with Gasteiger partial charge in [-0.2, -0.15) is 11.8 Å². The van der Waals surface area contributed by atoms with Gasteiger partial charge in [-0.1, -0.05) is 32.6 Å². The van der Waals surface area contributed by atoms with E-state index >= 15 is 0 Å². The largest absolute Gasteiger partial charge is 0.394 e. The molecule has 14 heavy (non-hydrogen) atoms. The maximum atomic E-state index is 9.07. The smallest absolute Gasteiger partial charge is 0.0778 e. The lowest BCUT2D eigenvalue weighted by Crippen LogP contribution is -2.12. The first-order chi connectivity index (χ1) is 6.81. The van der Waals surface area contributed by atoms with E-state index in [0.717, 1.165) is 12.2 Å². The Morgan fingerprint density at radius 3 is 2.43 bits per heavy atom. The molecule has 0 aromatic rings. The van der Waals surface area contributed by atoms with E-state index < -0.39 is 6.10 Å². The molecule has 0 amide bonds. The van der Waals surface area contributed by atoms with Crippen molar-refractivity contribution in [1.82, 2.24) is 0 Å². The van der Waals surface area contributed by atoms with Crippen LogP contribution in [0.5, 0.6) is 0 Å². The molecule has 1 atom stereocenters. The van der Waals surface area contributed by atoms with Gasteiger partial charge in [-0.3, -0.25) is 0 Å². The van der Waals surface area contributed by atoms with Gasteiger partial charge in [0.15, 0.2) is 0 Å². The molecule has 0 bridgehead atoms. The van der Waals surface area contributed by atoms with E-state index in [9.17, 15) is 0 Å². The van der Waals surface area contributed by atoms with Crippen LogP contribution < -0.4 is 0 Å². The zero-order valence-electron chi connectivity index (χ0n) is 9.24. The van der Waals surface area contributed by atoms with E-state index in [4.69, 9.17) is 10.2 Å². The number of unbranched alkanes of at least 4 members (excludes halogenated alkanes) is 4. The van der Waals surface area contributed by atoms with E-state index in [1.165, 1.54) is 37.9 Å². The Balaban J connectivity index is 2.92. The van der Waals surface area contributed by atoms with Crippen molar-refractivity contribution < 1.29 is 10.2 Å². The molecule has 0 rings (SSSR count). The lowest BCUT2D eigenvalue weighted by molar-refractivity contribution is 0.0932. The van der Waals surface area contributed by atoms with Gasteiger partial charge in [-0.25, -0.2) is 0 Å². The second-order valence-corrected chi connectivity index (χ2v) is 4.88. The third-order valence-electron chi connectivity index (χ3n) is 2.20. The molecular formula is C11H24O2S. The zero-order valence-corrected chi connectivity index (χ0v) is 10.1. The molecule has 2 nitrogen and oxygen atoms in total. The van der Waals surface area contributed by atoms with Gasteiger partial charge in [0.05, 0.1) is 12.7 Å². The van der Waals surface area contributed by atoms with Crippen LogP contribution in [0.15, 0.2) is 0 Å². The number of aliphatic hydroxyl groups is 2. The molecule has 1 unspecified atom stereocenters. The number of hydrogen-bond acceptors (Lipinski definition) is 3. The molecule has 0 saturated heterocycles. The molecule has 2 N–H and O–H groups in total. The predicted octanol–water partition coefficient (Wildman–Crippen LogP) is 2.43. The van der Waals surface area contributed by atoms with Crippen LogP contribution >= 0.6 is 11.8 Å². The lowest BCUT2D eigenvalue weighted by atomic mass is 10.2. The van der Waals surface area contributed by atoms with Gasteiger partial charge in [-0.05, 0) is 24.3 Å². The quantitative estimate of drug-likeness (QED) is 0.556. The Hall–Kier alpha value is 0.270. The van der Waals surface area contributed by atoms with Crippen LogP contribution in [0.4, 0.5) is 0 Å². The van der Waals surface area contributed by atoms with Crippen molar-refractivity contribution in [3.8, 4) is 0 Å². The van der Waals surface area contributed by atoms with E-state index in [1.807, 2.05) is 11.8 Å². The Morgan fingerprint density at radius 2 is 1.79 bits per heavy atom. The van der Waals surface area contributed by atoms with Crippen molar-refractivity contribution in [3.05, 3.63) is 0 Å². The predicted molar refractivity (Wildman–Crippen MR) is 63.8 cm³/mol. The molecule has 3 heteroatoms. The number of thioether (sulfide) groups is 1. The van der Waals surface area contributed by atoms with Crippen LogP contribution in [0.3, 0.4) is 0 Å². The highest BCUT2D eigenvalue weighted by molar-refractivity contribution is 7.99. The molecule has 0 fully saturated rings. The highest BCUT2D eigenvalue weighted by Crippen LogP contribution is 2.10. The third kappa shape index (κ3) is 10.4. The molecule has 0 heterocycles. The summed E-state index contributed by atoms with van der Waals surface area (Å²) in [5.41, 5.74) is 0. The fourth-order valence-electron chi connectivity index (χ4n) is 1.22. The fraction of sp³-hybridized carbons (Fsp3) is 1.00. The van der Waals surface area contributed by atoms with Crippen molar-refractivity contribution in [2.45, 2.75) is 51.6 Å². The molecule has 0 aliphatic carbocycles. The van der Waals surface area contributed by atoms with Crippen LogP contribution in [-0.2, 0) is 0 Å². The summed E-state index contributed by atoms with van der Waals surface area (Å²) in [5.74, 6) is 2.16. The summed E-state index contributed by atoms with van der Waals surface area (Å²) in [5, 5.41) is 17.6. The van der Waals surface area contributed by atoms with Crippen LogP contribution in [0, 0.1) is 0 Å². The minimum absolute atomic E-state index is 0.100. The van der Waals surface area contributed by atoms with Crippen molar-refractivity contribution >= 4 is 11.8 Å². The Kier molecular flexibility index (Phi) is 11.6. The van der Waals surface area contributed by atoms with Gasteiger partial charge in [0.2, 0.25) is 0 Å². The molecule has 0 aromatic carbocycles. The average Bonchev–Trinajstić information content (AvgIpc) is 2.21. The van der Waals surface area contributed by atoms with Crippen LogP contribution in [-0.4, -0.2) is 34.4 Å². The maximum Gasteiger partial charge on any atom is 0.0778 e. The number of hydrogen-bond donors (Lipinski definition) is 2. The highest BCUT2D eigenvalue weighted by atomic mass is 32.2. The van der Waals surface area contributed by atoms with Gasteiger partial charge in [0, 0.05) is 0 Å². The summed E-state index contributed by atoms with van der Waals surface area (Å²) in [7, 11) is 0. The van der Waals surface area contributed by atoms with E-state index in [2.05, 4.69) is 6.92 Å². The van der Waals surface area contributed by atoms with Crippen molar-refractivity contribution in [3.63, 3.8) is 0 Å². The number of rotatable bonds is 10. The first kappa shape index (κ1) is 14.3. The summed E-state index contributed by atoms with van der Waals surface area (Å²) in [4.78, 5) is 0. The van der Waals surface area contributed by atoms with Crippen molar-refractivity contribution in [2.75, 3.05) is 18.1 Å². The van der Waals surface area contributed by atoms with Gasteiger partial charge in [-0.15, -0.1) is 0 Å². The summed E-state index contributed by atoms with van der Waals surface area (Å²) >= 11 is 1.88. The SMILES string of the molecule is CCCCCCCSCCC(O)CO. The summed E-state index contributed by atoms with van der Waals surface area (Å²) < 4.78 is 0. The van der Waals surface area contributed by atoms with Crippen LogP contribution in [0.2, 0.25) is 0 Å². The normalized spacial score (nSPS) is 13.1. The monoisotopic (exact) mass is 220 g/mol. The number of aliphatic hydroxyl groups excluding tert-OH is 2. The zero-order chi connectivity index (χ0) is 10.6. The third-order valence-corrected chi connectivity index (χ3v) is 3.30.